The third-order valence-corrected chi connectivity index (χ3v) is 34.6. The van der Waals surface area contributed by atoms with Gasteiger partial charge in [0.2, 0.25) is 0 Å². The SMILES string of the molecule is [Br-].[Br-].[Cu+2].[Cu+2].[Cu+2].[Cu+2].[Cu+2].[Cu+2].[Mo+3].[Mo+3].[O-2].[O-2].[S-2].[S-2].[S-2].[S-2].[S-2].[S-2].c1ccc(P(c2ccccc2)c2ccccc2)cc1.c1ccc(P(c2ccccc2)c2ccccc2)cc1.c1ccc(P(c2ccccc2)c2ccccc2)cc1.c1ccc(P(c2ccccc2)c2ccccc2)cc1.c1ccc(P(c2ccccc2)c2ccccc2)cc1.c1ccc(P(c2ccccc2)c2ccccc2)cc1.c1ccc2ccccc2c1. The van der Waals surface area contributed by atoms with Crippen LogP contribution in [0.1, 0.15) is 0 Å². The fourth-order valence-corrected chi connectivity index (χ4v) is 28.0. The molecule has 0 unspecified atom stereocenters. The fraction of sp³-hybridized carbons (Fsp3) is 0. The van der Waals surface area contributed by atoms with Crippen LogP contribution in [0.2, 0.25) is 0 Å². The van der Waals surface area contributed by atoms with Gasteiger partial charge in [-0.2, -0.15) is 0 Å². The van der Waals surface area contributed by atoms with Gasteiger partial charge in [-0.05, 0) is 154 Å². The minimum atomic E-state index is -0.446. The van der Waals surface area contributed by atoms with Crippen molar-refractivity contribution in [2.45, 2.75) is 0 Å². The van der Waals surface area contributed by atoms with Crippen molar-refractivity contribution >= 4 is 235 Å². The molecule has 0 aromatic heterocycles. The van der Waals surface area contributed by atoms with Crippen LogP contribution in [0.15, 0.2) is 595 Å². The quantitative estimate of drug-likeness (QED) is 0.0607. The number of benzene rings is 20. The zero-order valence-corrected chi connectivity index (χ0v) is 99.0. The molecule has 142 heavy (non-hydrogen) atoms. The molecule has 20 aromatic carbocycles. The van der Waals surface area contributed by atoms with Gasteiger partial charge in [-0.15, -0.1) is 0 Å². The summed E-state index contributed by atoms with van der Waals surface area (Å²) in [5.41, 5.74) is 0. The molecule has 0 saturated heterocycles. The molecule has 0 atom stereocenters. The van der Waals surface area contributed by atoms with Crippen molar-refractivity contribution in [1.82, 2.24) is 0 Å². The summed E-state index contributed by atoms with van der Waals surface area (Å²) in [6.45, 7) is 0. The summed E-state index contributed by atoms with van der Waals surface area (Å²) in [5, 5.41) is 27.8. The topological polar surface area (TPSA) is 57.0 Å². The van der Waals surface area contributed by atoms with Crippen molar-refractivity contribution < 1.29 is 189 Å². The van der Waals surface area contributed by atoms with E-state index < -0.39 is 47.5 Å². The molecular formula is C118H98Br2Cu6Mo2O2P6S6. The average Bonchev–Trinajstić information content (AvgIpc) is 0.840. The number of fused-ring (bicyclic) bond motifs is 1. The Morgan fingerprint density at radius 2 is 0.141 bits per heavy atom. The van der Waals surface area contributed by atoms with Crippen LogP contribution in [0, 0.1) is 0 Å². The Hall–Kier alpha value is -5.29. The van der Waals surface area contributed by atoms with Gasteiger partial charge >= 0.3 is 145 Å². The molecule has 0 amide bonds. The Morgan fingerprint density at radius 1 is 0.0915 bits per heavy atom. The molecule has 20 rings (SSSR count). The van der Waals surface area contributed by atoms with Gasteiger partial charge in [-0.1, -0.05) is 595 Å². The molecule has 0 heterocycles. The van der Waals surface area contributed by atoms with Crippen LogP contribution in [0.25, 0.3) is 10.8 Å². The Kier molecular flexibility index (Phi) is 86.4. The van der Waals surface area contributed by atoms with E-state index in [1.54, 1.807) is 0 Å². The standard InChI is InChI=1S/6C18H15P.C10H8.2BrH.6Cu.2Mo.2O.6S/c6*1-4-10-16(11-5-1)19(17-12-6-2-7-13-17)18-14-8-3-9-15-18;1-2-6-10-8-4-3-7-9(10)5-1;;;;;;;;;;;;;;;;;;/h6*1-15H;1-8H;2*1H;;;;;;;;;;;;;;;;/q;;;;;;;;;6*+2;2*+3;8*-2/p-2. The summed E-state index contributed by atoms with van der Waals surface area (Å²) in [6, 6.07) is 211. The number of hydrogen-bond acceptors (Lipinski definition) is 0. The van der Waals surface area contributed by atoms with Gasteiger partial charge in [0, 0.05) is 0 Å². The van der Waals surface area contributed by atoms with E-state index in [1.165, 1.54) is 106 Å². The van der Waals surface area contributed by atoms with Crippen molar-refractivity contribution in [1.29, 1.82) is 0 Å². The molecule has 0 aliphatic heterocycles. The van der Waals surface area contributed by atoms with Gasteiger partial charge < -0.3 is 126 Å². The molecule has 24 heteroatoms. The van der Waals surface area contributed by atoms with E-state index in [-0.39, 0.29) is 270 Å². The molecule has 0 aliphatic rings. The van der Waals surface area contributed by atoms with Crippen LogP contribution in [-0.2, 0) is 236 Å². The summed E-state index contributed by atoms with van der Waals surface area (Å²) in [5.74, 6) is 0. The second kappa shape index (κ2) is 84.5. The maximum Gasteiger partial charge on any atom is 3.00 e. The van der Waals surface area contributed by atoms with Crippen molar-refractivity contribution in [3.63, 3.8) is 0 Å². The Bertz CT molecular complexity index is 4790. The third-order valence-electron chi connectivity index (χ3n) is 19.9. The molecule has 0 fully saturated rings. The van der Waals surface area contributed by atoms with Crippen molar-refractivity contribution in [3.8, 4) is 0 Å². The van der Waals surface area contributed by atoms with E-state index in [0.717, 1.165) is 0 Å². The van der Waals surface area contributed by atoms with Gasteiger partial charge in [0.25, 0.3) is 0 Å². The minimum Gasteiger partial charge on any atom is -2.00 e. The van der Waals surface area contributed by atoms with Crippen molar-refractivity contribution in [2.24, 2.45) is 0 Å². The van der Waals surface area contributed by atoms with Crippen LogP contribution >= 0.6 is 47.5 Å². The molecule has 2 nitrogen and oxygen atoms in total. The first kappa shape index (κ1) is 145. The number of hydrogen-bond donors (Lipinski definition) is 0. The molecular weight excluding hydrogens is 2560 g/mol. The maximum absolute atomic E-state index is 2.23. The fourth-order valence-electron chi connectivity index (χ4n) is 14.2. The minimum absolute atomic E-state index is 0. The monoisotopic (exact) mass is 2660 g/mol. The van der Waals surface area contributed by atoms with Gasteiger partial charge in [0.15, 0.2) is 0 Å². The summed E-state index contributed by atoms with van der Waals surface area (Å²) in [6.07, 6.45) is 0. The number of rotatable bonds is 18. The van der Waals surface area contributed by atoms with Gasteiger partial charge in [0.1, 0.15) is 0 Å². The molecule has 740 valence electrons. The van der Waals surface area contributed by atoms with Crippen LogP contribution in [0.3, 0.4) is 0 Å². The summed E-state index contributed by atoms with van der Waals surface area (Å²) in [7, 11) is -2.68. The smallest absolute Gasteiger partial charge is 2.00 e. The van der Waals surface area contributed by atoms with Crippen LogP contribution in [0.4, 0.5) is 0 Å². The molecule has 0 aliphatic carbocycles. The van der Waals surface area contributed by atoms with Crippen molar-refractivity contribution in [2.75, 3.05) is 0 Å². The van der Waals surface area contributed by atoms with E-state index >= 15 is 0 Å². The van der Waals surface area contributed by atoms with Crippen LogP contribution in [0.5, 0.6) is 0 Å². The predicted molar refractivity (Wildman–Crippen MR) is 600 cm³/mol. The second-order valence-corrected chi connectivity index (χ2v) is 41.7. The van der Waals surface area contributed by atoms with E-state index in [4.69, 9.17) is 0 Å². The van der Waals surface area contributed by atoms with Gasteiger partial charge in [-0.3, -0.25) is 0 Å². The molecule has 0 N–H and O–H groups in total. The van der Waals surface area contributed by atoms with E-state index in [9.17, 15) is 0 Å². The first-order chi connectivity index (χ1) is 61.7. The largest absolute Gasteiger partial charge is 3.00 e. The first-order valence-electron chi connectivity index (χ1n) is 41.8. The Morgan fingerprint density at radius 3 is 0.197 bits per heavy atom. The molecule has 0 saturated carbocycles. The summed E-state index contributed by atoms with van der Waals surface area (Å²) >= 11 is 0. The van der Waals surface area contributed by atoms with Gasteiger partial charge in [0.05, 0.1) is 0 Å². The summed E-state index contributed by atoms with van der Waals surface area (Å²) < 4.78 is 0. The predicted octanol–water partition coefficient (Wildman–Crippen LogP) is 17.2. The van der Waals surface area contributed by atoms with E-state index in [2.05, 4.69) is 595 Å². The molecule has 8 radical (unpaired) electrons. The Labute approximate surface area is 1010 Å². The normalized spacial score (nSPS) is 9.20. The molecule has 20 aromatic rings. The molecule has 0 bridgehead atoms. The van der Waals surface area contributed by atoms with E-state index in [1.807, 2.05) is 0 Å². The summed E-state index contributed by atoms with van der Waals surface area (Å²) in [4.78, 5) is 0. The molecule has 0 spiro atoms. The number of halogens is 2. The second-order valence-electron chi connectivity index (χ2n) is 28.4. The van der Waals surface area contributed by atoms with Gasteiger partial charge in [-0.25, -0.2) is 0 Å². The zero-order valence-electron chi connectivity index (χ0n) is 75.9. The first-order valence-corrected chi connectivity index (χ1v) is 49.9. The third kappa shape index (κ3) is 46.0. The van der Waals surface area contributed by atoms with Crippen molar-refractivity contribution in [3.05, 3.63) is 595 Å². The van der Waals surface area contributed by atoms with Crippen LogP contribution in [-0.4, -0.2) is 0 Å². The average molecular weight is 2660 g/mol. The zero-order chi connectivity index (χ0) is 84.3. The Balaban J connectivity index is -0.000000506. The maximum atomic E-state index is 2.23. The van der Waals surface area contributed by atoms with Crippen LogP contribution < -0.4 is 129 Å². The van der Waals surface area contributed by atoms with E-state index in [0.29, 0.717) is 0 Å².